The lowest BCUT2D eigenvalue weighted by Gasteiger charge is -2.13. The maximum Gasteiger partial charge on any atom is 0.338 e. The highest BCUT2D eigenvalue weighted by atomic mass is 79.9. The van der Waals surface area contributed by atoms with Crippen LogP contribution in [-0.4, -0.2) is 23.3 Å². The van der Waals surface area contributed by atoms with Crippen LogP contribution in [0.3, 0.4) is 0 Å². The van der Waals surface area contributed by atoms with E-state index in [-0.39, 0.29) is 22.6 Å². The quantitative estimate of drug-likeness (QED) is 0.667. The van der Waals surface area contributed by atoms with E-state index >= 15 is 0 Å². The van der Waals surface area contributed by atoms with E-state index in [1.165, 1.54) is 0 Å². The van der Waals surface area contributed by atoms with E-state index in [0.717, 1.165) is 0 Å². The highest BCUT2D eigenvalue weighted by molar-refractivity contribution is 9.10. The number of halogens is 1. The molecule has 0 aliphatic rings. The normalized spacial score (nSPS) is 12.1. The van der Waals surface area contributed by atoms with Gasteiger partial charge in [-0.1, -0.05) is 29.8 Å². The van der Waals surface area contributed by atoms with Crippen LogP contribution < -0.4 is 5.32 Å². The zero-order valence-electron chi connectivity index (χ0n) is 11.3. The predicted octanol–water partition coefficient (Wildman–Crippen LogP) is 3.22. The number of carbonyl (C=O) groups is 2. The highest BCUT2D eigenvalue weighted by Crippen LogP contribution is 2.16. The van der Waals surface area contributed by atoms with Crippen molar-refractivity contribution >= 4 is 33.5 Å². The molecule has 4 nitrogen and oxygen atoms in total. The lowest BCUT2D eigenvalue weighted by Crippen LogP contribution is -2.26. The van der Waals surface area contributed by atoms with E-state index in [2.05, 4.69) is 21.2 Å². The Hall–Kier alpha value is -1.36. The lowest BCUT2D eigenvalue weighted by molar-refractivity contribution is -0.116. The van der Waals surface area contributed by atoms with Crippen LogP contribution in [0.4, 0.5) is 5.69 Å². The molecule has 1 atom stereocenters. The Balaban J connectivity index is 2.67. The number of rotatable bonds is 5. The van der Waals surface area contributed by atoms with Gasteiger partial charge in [-0.15, -0.1) is 0 Å². The number of benzene rings is 1. The van der Waals surface area contributed by atoms with Gasteiger partial charge in [0.25, 0.3) is 0 Å². The fourth-order valence-corrected chi connectivity index (χ4v) is 1.53. The second-order valence-corrected chi connectivity index (χ2v) is 5.42. The van der Waals surface area contributed by atoms with Crippen LogP contribution in [0.2, 0.25) is 0 Å². The molecular weight excluding hydrogens is 310 g/mol. The van der Waals surface area contributed by atoms with Crippen LogP contribution in [-0.2, 0) is 9.53 Å². The second-order valence-electron chi connectivity index (χ2n) is 4.43. The maximum absolute atomic E-state index is 11.8. The summed E-state index contributed by atoms with van der Waals surface area (Å²) in [4.78, 5) is 23.0. The van der Waals surface area contributed by atoms with Gasteiger partial charge in [-0.25, -0.2) is 4.79 Å². The number of anilines is 1. The van der Waals surface area contributed by atoms with E-state index in [4.69, 9.17) is 4.74 Å². The first kappa shape index (κ1) is 15.7. The average molecular weight is 328 g/mol. The summed E-state index contributed by atoms with van der Waals surface area (Å²) >= 11 is 3.34. The first-order valence-corrected chi connectivity index (χ1v) is 7.09. The lowest BCUT2D eigenvalue weighted by atomic mass is 10.1. The number of alkyl halides is 1. The summed E-state index contributed by atoms with van der Waals surface area (Å²) in [5.41, 5.74) is 1.13. The van der Waals surface area contributed by atoms with Crippen molar-refractivity contribution in [2.75, 3.05) is 11.9 Å². The predicted molar refractivity (Wildman–Crippen MR) is 78.6 cm³/mol. The third kappa shape index (κ3) is 4.67. The Bertz CT molecular complexity index is 443. The first-order valence-electron chi connectivity index (χ1n) is 6.17. The molecule has 0 saturated carbocycles. The maximum atomic E-state index is 11.8. The molecule has 0 aliphatic carbocycles. The van der Waals surface area contributed by atoms with E-state index in [9.17, 15) is 9.59 Å². The minimum Gasteiger partial charge on any atom is -0.462 e. The van der Waals surface area contributed by atoms with Gasteiger partial charge in [-0.2, -0.15) is 0 Å². The van der Waals surface area contributed by atoms with E-state index in [0.29, 0.717) is 17.9 Å². The van der Waals surface area contributed by atoms with Gasteiger partial charge in [0.2, 0.25) is 5.91 Å². The molecule has 0 fully saturated rings. The van der Waals surface area contributed by atoms with Gasteiger partial charge in [0.1, 0.15) is 0 Å². The molecule has 0 heterocycles. The third-order valence-corrected chi connectivity index (χ3v) is 3.97. The molecule has 0 aliphatic heterocycles. The van der Waals surface area contributed by atoms with Crippen molar-refractivity contribution in [3.05, 3.63) is 29.8 Å². The van der Waals surface area contributed by atoms with Gasteiger partial charge in [-0.3, -0.25) is 4.79 Å². The average Bonchev–Trinajstić information content (AvgIpc) is 2.38. The van der Waals surface area contributed by atoms with Gasteiger partial charge < -0.3 is 10.1 Å². The molecule has 0 unspecified atom stereocenters. The van der Waals surface area contributed by atoms with Gasteiger partial charge in [-0.05, 0) is 37.1 Å². The van der Waals surface area contributed by atoms with E-state index < -0.39 is 0 Å². The Morgan fingerprint density at radius 2 is 1.84 bits per heavy atom. The number of esters is 1. The number of carbonyl (C=O) groups excluding carboxylic acids is 2. The van der Waals surface area contributed by atoms with Crippen molar-refractivity contribution in [2.45, 2.75) is 25.6 Å². The van der Waals surface area contributed by atoms with Crippen LogP contribution >= 0.6 is 15.9 Å². The molecule has 0 radical (unpaired) electrons. The number of hydrogen-bond acceptors (Lipinski definition) is 3. The van der Waals surface area contributed by atoms with Crippen molar-refractivity contribution < 1.29 is 14.3 Å². The summed E-state index contributed by atoms with van der Waals surface area (Å²) in [6.07, 6.45) is 0. The Morgan fingerprint density at radius 1 is 1.26 bits per heavy atom. The molecule has 0 saturated heterocycles. The standard InChI is InChI=1S/C14H18BrNO3/c1-4-19-14(18)10-5-7-11(8-6-10)16-13(17)12(15)9(2)3/h5-9,12H,4H2,1-3H3,(H,16,17)/t12-/m0/s1. The van der Waals surface area contributed by atoms with E-state index in [1.807, 2.05) is 13.8 Å². The smallest absolute Gasteiger partial charge is 0.338 e. The fourth-order valence-electron chi connectivity index (χ4n) is 1.42. The Labute approximate surface area is 121 Å². The molecule has 1 aromatic carbocycles. The zero-order chi connectivity index (χ0) is 14.4. The van der Waals surface area contributed by atoms with Crippen LogP contribution in [0, 0.1) is 5.92 Å². The van der Waals surface area contributed by atoms with Crippen molar-refractivity contribution in [3.8, 4) is 0 Å². The number of ether oxygens (including phenoxy) is 1. The summed E-state index contributed by atoms with van der Waals surface area (Å²) in [6.45, 7) is 6.03. The van der Waals surface area contributed by atoms with Crippen LogP contribution in [0.25, 0.3) is 0 Å². The molecule has 1 aromatic rings. The van der Waals surface area contributed by atoms with Crippen LogP contribution in [0.15, 0.2) is 24.3 Å². The summed E-state index contributed by atoms with van der Waals surface area (Å²) in [6, 6.07) is 6.63. The molecule has 0 spiro atoms. The molecule has 1 rings (SSSR count). The van der Waals surface area contributed by atoms with Crippen molar-refractivity contribution in [2.24, 2.45) is 5.92 Å². The first-order chi connectivity index (χ1) is 8.95. The Morgan fingerprint density at radius 3 is 2.32 bits per heavy atom. The molecule has 5 heteroatoms. The summed E-state index contributed by atoms with van der Waals surface area (Å²) in [5, 5.41) is 2.78. The topological polar surface area (TPSA) is 55.4 Å². The molecule has 104 valence electrons. The fraction of sp³-hybridized carbons (Fsp3) is 0.429. The summed E-state index contributed by atoms with van der Waals surface area (Å²) in [7, 11) is 0. The van der Waals surface area contributed by atoms with Crippen LogP contribution in [0.5, 0.6) is 0 Å². The molecular formula is C14H18BrNO3. The van der Waals surface area contributed by atoms with Gasteiger partial charge in [0, 0.05) is 5.69 Å². The van der Waals surface area contributed by atoms with E-state index in [1.54, 1.807) is 31.2 Å². The molecule has 1 amide bonds. The highest BCUT2D eigenvalue weighted by Gasteiger charge is 2.18. The monoisotopic (exact) mass is 327 g/mol. The van der Waals surface area contributed by atoms with Gasteiger partial charge in [0.15, 0.2) is 0 Å². The van der Waals surface area contributed by atoms with Crippen molar-refractivity contribution in [3.63, 3.8) is 0 Å². The third-order valence-electron chi connectivity index (χ3n) is 2.50. The largest absolute Gasteiger partial charge is 0.462 e. The molecule has 0 bridgehead atoms. The zero-order valence-corrected chi connectivity index (χ0v) is 12.9. The van der Waals surface area contributed by atoms with Gasteiger partial charge in [0.05, 0.1) is 17.0 Å². The number of nitrogens with one attached hydrogen (secondary N) is 1. The van der Waals surface area contributed by atoms with Crippen LogP contribution in [0.1, 0.15) is 31.1 Å². The summed E-state index contributed by atoms with van der Waals surface area (Å²) < 4.78 is 4.88. The Kier molecular flexibility index (Phi) is 6.02. The van der Waals surface area contributed by atoms with Crippen molar-refractivity contribution in [1.82, 2.24) is 0 Å². The molecule has 0 aromatic heterocycles. The second kappa shape index (κ2) is 7.28. The van der Waals surface area contributed by atoms with Gasteiger partial charge >= 0.3 is 5.97 Å². The summed E-state index contributed by atoms with van der Waals surface area (Å²) in [5.74, 6) is -0.251. The van der Waals surface area contributed by atoms with Crippen molar-refractivity contribution in [1.29, 1.82) is 0 Å². The minimum absolute atomic E-state index is 0.0983. The number of hydrogen-bond donors (Lipinski definition) is 1. The SMILES string of the molecule is CCOC(=O)c1ccc(NC(=O)[C@@H](Br)C(C)C)cc1. The minimum atomic E-state index is -0.360. The molecule has 1 N–H and O–H groups in total. The number of amides is 1. The molecule has 19 heavy (non-hydrogen) atoms.